The Bertz CT molecular complexity index is 449. The van der Waals surface area contributed by atoms with E-state index < -0.39 is 23.7 Å². The number of carbonyl (C=O) groups is 1. The number of amides is 1. The second-order valence-corrected chi connectivity index (χ2v) is 8.60. The van der Waals surface area contributed by atoms with Gasteiger partial charge in [0.15, 0.2) is 0 Å². The topological polar surface area (TPSA) is 95.0 Å². The molecule has 1 N–H and O–H groups in total. The summed E-state index contributed by atoms with van der Waals surface area (Å²) >= 11 is 0. The van der Waals surface area contributed by atoms with E-state index in [1.807, 2.05) is 0 Å². The van der Waals surface area contributed by atoms with E-state index in [-0.39, 0.29) is 12.2 Å². The van der Waals surface area contributed by atoms with Crippen LogP contribution >= 0.6 is 7.37 Å². The van der Waals surface area contributed by atoms with Gasteiger partial charge in [-0.1, -0.05) is 0 Å². The van der Waals surface area contributed by atoms with Gasteiger partial charge in [0.1, 0.15) is 0 Å². The molecule has 0 aliphatic carbocycles. The van der Waals surface area contributed by atoms with E-state index in [0.717, 1.165) is 10.6 Å². The van der Waals surface area contributed by atoms with E-state index in [1.54, 1.807) is 0 Å². The van der Waals surface area contributed by atoms with Gasteiger partial charge >= 0.3 is 0 Å². The molecule has 0 bridgehead atoms. The van der Waals surface area contributed by atoms with Crippen LogP contribution in [0.2, 0.25) is 0 Å². The highest BCUT2D eigenvalue weighted by molar-refractivity contribution is 7.88. The summed E-state index contributed by atoms with van der Waals surface area (Å²) in [6, 6.07) is 0. The smallest absolute Gasteiger partial charge is 0.234 e. The second-order valence-electron chi connectivity index (χ2n) is 4.25. The maximum atomic E-state index is 11.8. The first-order chi connectivity index (χ1) is 7.62. The summed E-state index contributed by atoms with van der Waals surface area (Å²) in [7, 11) is -5.93. The summed E-state index contributed by atoms with van der Waals surface area (Å²) < 4.78 is 34.9. The first-order valence-corrected chi connectivity index (χ1v) is 8.99. The molecule has 1 atom stereocenters. The molecule has 1 saturated heterocycles. The van der Waals surface area contributed by atoms with Crippen LogP contribution in [0, 0.1) is 0 Å². The maximum Gasteiger partial charge on any atom is 0.234 e. The average molecular weight is 284 g/mol. The number of carbonyl (C=O) groups excluding carboxylic acids is 1. The Hall–Kier alpha value is -0.430. The fraction of sp³-hybridized carbons (Fsp3) is 0.875. The Morgan fingerprint density at radius 2 is 2.12 bits per heavy atom. The van der Waals surface area contributed by atoms with Crippen LogP contribution in [0.25, 0.3) is 0 Å². The van der Waals surface area contributed by atoms with E-state index in [1.165, 1.54) is 11.9 Å². The van der Waals surface area contributed by atoms with Gasteiger partial charge in [0, 0.05) is 20.0 Å². The number of sulfonamides is 1. The van der Waals surface area contributed by atoms with Gasteiger partial charge in [-0.2, -0.15) is 4.31 Å². The van der Waals surface area contributed by atoms with Crippen molar-refractivity contribution in [3.8, 4) is 0 Å². The lowest BCUT2D eigenvalue weighted by Crippen LogP contribution is -2.31. The van der Waals surface area contributed by atoms with Gasteiger partial charge in [0.2, 0.25) is 23.3 Å². The fourth-order valence-corrected chi connectivity index (χ4v) is 4.51. The van der Waals surface area contributed by atoms with Crippen LogP contribution in [-0.4, -0.2) is 60.8 Å². The lowest BCUT2D eigenvalue weighted by Gasteiger charge is -2.23. The predicted molar refractivity (Wildman–Crippen MR) is 63.1 cm³/mol. The van der Waals surface area contributed by atoms with Crippen LogP contribution in [0.4, 0.5) is 0 Å². The highest BCUT2D eigenvalue weighted by atomic mass is 32.2. The van der Waals surface area contributed by atoms with Crippen LogP contribution < -0.4 is 0 Å². The van der Waals surface area contributed by atoms with Gasteiger partial charge in [-0.25, -0.2) is 8.42 Å². The lowest BCUT2D eigenvalue weighted by atomic mass is 10.4. The molecule has 0 saturated carbocycles. The first-order valence-electron chi connectivity index (χ1n) is 5.12. The third-order valence-electron chi connectivity index (χ3n) is 2.55. The molecule has 1 heterocycles. The minimum absolute atomic E-state index is 0.152. The van der Waals surface area contributed by atoms with Crippen LogP contribution in [0.15, 0.2) is 0 Å². The SMILES string of the molecule is CN(CP(=O)(O)CN1CCCC1=O)S(C)(=O)=O. The number of hydrogen-bond donors (Lipinski definition) is 1. The van der Waals surface area contributed by atoms with Crippen molar-refractivity contribution in [3.05, 3.63) is 0 Å². The standard InChI is InChI=1S/C8H17N2O5PS/c1-9(17(2,14)15)6-16(12,13)7-10-5-3-4-8(10)11/h3-7H2,1-2H3,(H,12,13). The zero-order chi connectivity index (χ0) is 13.3. The Balaban J connectivity index is 2.63. The molecule has 100 valence electrons. The maximum absolute atomic E-state index is 11.8. The first kappa shape index (κ1) is 14.6. The Kier molecular flexibility index (Phi) is 4.35. The quantitative estimate of drug-likeness (QED) is 0.698. The molecule has 1 rings (SSSR count). The van der Waals surface area contributed by atoms with Crippen molar-refractivity contribution >= 4 is 23.3 Å². The third-order valence-corrected chi connectivity index (χ3v) is 5.65. The fourth-order valence-electron chi connectivity index (χ4n) is 1.58. The Morgan fingerprint density at radius 1 is 1.53 bits per heavy atom. The summed E-state index contributed by atoms with van der Waals surface area (Å²) in [6.07, 6.45) is 1.30. The van der Waals surface area contributed by atoms with E-state index in [9.17, 15) is 22.7 Å². The zero-order valence-corrected chi connectivity index (χ0v) is 11.6. The number of nitrogens with zero attached hydrogens (tertiary/aromatic N) is 2. The molecule has 1 aliphatic heterocycles. The van der Waals surface area contributed by atoms with Gasteiger partial charge in [-0.3, -0.25) is 9.36 Å². The molecule has 0 aromatic rings. The van der Waals surface area contributed by atoms with Crippen molar-refractivity contribution in [2.75, 3.05) is 32.4 Å². The molecule has 9 heteroatoms. The zero-order valence-electron chi connectivity index (χ0n) is 9.87. The van der Waals surface area contributed by atoms with Gasteiger partial charge in [-0.05, 0) is 6.42 Å². The highest BCUT2D eigenvalue weighted by Crippen LogP contribution is 2.42. The Morgan fingerprint density at radius 3 is 2.53 bits per heavy atom. The molecular formula is C8H17N2O5PS. The van der Waals surface area contributed by atoms with Gasteiger partial charge in [0.25, 0.3) is 0 Å². The Labute approximate surface area is 101 Å². The van der Waals surface area contributed by atoms with Crippen LogP contribution in [0.1, 0.15) is 12.8 Å². The predicted octanol–water partition coefficient (Wildman–Crippen LogP) is -0.314. The molecule has 0 aromatic carbocycles. The van der Waals surface area contributed by atoms with Crippen molar-refractivity contribution in [3.63, 3.8) is 0 Å². The normalized spacial score (nSPS) is 20.9. The number of likely N-dealkylation sites (tertiary alicyclic amines) is 1. The molecule has 1 unspecified atom stereocenters. The van der Waals surface area contributed by atoms with Crippen LogP contribution in [0.3, 0.4) is 0 Å². The second kappa shape index (κ2) is 5.06. The molecule has 1 amide bonds. The summed E-state index contributed by atoms with van der Waals surface area (Å²) in [4.78, 5) is 22.3. The summed E-state index contributed by atoms with van der Waals surface area (Å²) in [5.41, 5.74) is 0. The van der Waals surface area contributed by atoms with E-state index in [2.05, 4.69) is 0 Å². The van der Waals surface area contributed by atoms with Crippen molar-refractivity contribution in [2.45, 2.75) is 12.8 Å². The molecule has 1 fully saturated rings. The minimum Gasteiger partial charge on any atom is -0.342 e. The molecule has 0 aromatic heterocycles. The summed E-state index contributed by atoms with van der Waals surface area (Å²) in [5, 5.41) is 0. The van der Waals surface area contributed by atoms with Gasteiger partial charge in [-0.15, -0.1) is 0 Å². The van der Waals surface area contributed by atoms with Gasteiger partial charge in [0.05, 0.1) is 18.8 Å². The van der Waals surface area contributed by atoms with E-state index in [0.29, 0.717) is 19.4 Å². The molecular weight excluding hydrogens is 267 g/mol. The highest BCUT2D eigenvalue weighted by Gasteiger charge is 2.31. The summed E-state index contributed by atoms with van der Waals surface area (Å²) in [6.45, 7) is 0.464. The van der Waals surface area contributed by atoms with Gasteiger partial charge < -0.3 is 9.79 Å². The van der Waals surface area contributed by atoms with Crippen LogP contribution in [0.5, 0.6) is 0 Å². The minimum atomic E-state index is -3.68. The molecule has 7 nitrogen and oxygen atoms in total. The van der Waals surface area contributed by atoms with E-state index >= 15 is 0 Å². The van der Waals surface area contributed by atoms with Crippen molar-refractivity contribution < 1.29 is 22.7 Å². The van der Waals surface area contributed by atoms with Crippen molar-refractivity contribution in [2.24, 2.45) is 0 Å². The van der Waals surface area contributed by atoms with Crippen molar-refractivity contribution in [1.82, 2.24) is 9.21 Å². The molecule has 1 aliphatic rings. The van der Waals surface area contributed by atoms with Crippen LogP contribution in [-0.2, 0) is 19.4 Å². The molecule has 0 spiro atoms. The van der Waals surface area contributed by atoms with Crippen molar-refractivity contribution in [1.29, 1.82) is 0 Å². The summed E-state index contributed by atoms with van der Waals surface area (Å²) in [5.74, 6) is -0.152. The average Bonchev–Trinajstić information content (AvgIpc) is 2.48. The van der Waals surface area contributed by atoms with E-state index in [4.69, 9.17) is 0 Å². The third kappa shape index (κ3) is 4.39. The molecule has 0 radical (unpaired) electrons. The largest absolute Gasteiger partial charge is 0.342 e. The lowest BCUT2D eigenvalue weighted by molar-refractivity contribution is -0.127. The number of hydrogen-bond acceptors (Lipinski definition) is 4. The number of rotatable bonds is 5. The monoisotopic (exact) mass is 284 g/mol. The molecule has 17 heavy (non-hydrogen) atoms.